The molecular weight excluding hydrogens is 390 g/mol. The Kier molecular flexibility index (Phi) is 6.73. The maximum atomic E-state index is 12.6. The van der Waals surface area contributed by atoms with E-state index >= 15 is 0 Å². The second-order valence-corrected chi connectivity index (χ2v) is 7.32. The summed E-state index contributed by atoms with van der Waals surface area (Å²) in [6.45, 7) is -0.184. The molecule has 1 heterocycles. The van der Waals surface area contributed by atoms with Crippen LogP contribution < -0.4 is 10.1 Å². The summed E-state index contributed by atoms with van der Waals surface area (Å²) in [4.78, 5) is 29.1. The van der Waals surface area contributed by atoms with Gasteiger partial charge in [0.15, 0.2) is 6.61 Å². The van der Waals surface area contributed by atoms with Crippen molar-refractivity contribution in [3.05, 3.63) is 52.7 Å². The van der Waals surface area contributed by atoms with Gasteiger partial charge in [-0.1, -0.05) is 18.2 Å². The van der Waals surface area contributed by atoms with Gasteiger partial charge in [0.2, 0.25) is 0 Å². The van der Waals surface area contributed by atoms with Crippen molar-refractivity contribution in [2.24, 2.45) is 0 Å². The molecule has 0 aliphatic heterocycles. The zero-order valence-electron chi connectivity index (χ0n) is 16.2. The molecule has 1 saturated carbocycles. The van der Waals surface area contributed by atoms with Gasteiger partial charge < -0.3 is 14.8 Å². The van der Waals surface area contributed by atoms with Crippen molar-refractivity contribution in [1.82, 2.24) is 10.3 Å². The first-order valence-corrected chi connectivity index (χ1v) is 10.3. The highest BCUT2D eigenvalue weighted by atomic mass is 32.2. The third-order valence-electron chi connectivity index (χ3n) is 4.53. The van der Waals surface area contributed by atoms with E-state index in [2.05, 4.69) is 10.3 Å². The summed E-state index contributed by atoms with van der Waals surface area (Å²) in [5.74, 6) is -0.153. The average molecular weight is 411 g/mol. The molecule has 8 heteroatoms. The van der Waals surface area contributed by atoms with Crippen LogP contribution >= 0.6 is 11.8 Å². The zero-order valence-corrected chi connectivity index (χ0v) is 17.0. The highest BCUT2D eigenvalue weighted by Crippen LogP contribution is 2.40. The topological polar surface area (TPSA) is 101 Å². The van der Waals surface area contributed by atoms with Crippen molar-refractivity contribution in [3.63, 3.8) is 0 Å². The Morgan fingerprint density at radius 2 is 2.10 bits per heavy atom. The predicted molar refractivity (Wildman–Crippen MR) is 108 cm³/mol. The summed E-state index contributed by atoms with van der Waals surface area (Å²) in [5.41, 5.74) is 1.95. The number of nitrogens with zero attached hydrogens (tertiary/aromatic N) is 2. The molecular formula is C21H21N3O4S. The number of benzene rings is 1. The Hall–Kier alpha value is -3.05. The highest BCUT2D eigenvalue weighted by molar-refractivity contribution is 7.98. The monoisotopic (exact) mass is 411 g/mol. The van der Waals surface area contributed by atoms with Crippen LogP contribution in [0, 0.1) is 11.3 Å². The van der Waals surface area contributed by atoms with Gasteiger partial charge in [-0.25, -0.2) is 9.78 Å². The van der Waals surface area contributed by atoms with Crippen molar-refractivity contribution < 1.29 is 19.1 Å². The van der Waals surface area contributed by atoms with Gasteiger partial charge in [-0.05, 0) is 31.2 Å². The molecule has 0 radical (unpaired) electrons. The minimum Gasteiger partial charge on any atom is -0.496 e. The molecule has 7 nitrogen and oxygen atoms in total. The van der Waals surface area contributed by atoms with Gasteiger partial charge in [0.25, 0.3) is 5.91 Å². The standard InChI is InChI=1S/C21H21N3O4S/c1-27-18-6-4-3-5-14(18)11-23-19(25)12-28-21(26)15-9-17(13-7-8-13)24-20(29-2)16(15)10-22/h3-6,9,13H,7-8,11-12H2,1-2H3,(H,23,25). The molecule has 1 amide bonds. The molecule has 29 heavy (non-hydrogen) atoms. The number of rotatable bonds is 8. The largest absolute Gasteiger partial charge is 0.496 e. The summed E-state index contributed by atoms with van der Waals surface area (Å²) in [5, 5.41) is 12.7. The van der Waals surface area contributed by atoms with Gasteiger partial charge in [0.1, 0.15) is 16.8 Å². The first kappa shape index (κ1) is 20.7. The lowest BCUT2D eigenvalue weighted by Gasteiger charge is -2.11. The number of hydrogen-bond donors (Lipinski definition) is 1. The number of nitrogens with one attached hydrogen (secondary N) is 1. The Balaban J connectivity index is 1.63. The fraction of sp³-hybridized carbons (Fsp3) is 0.333. The van der Waals surface area contributed by atoms with Crippen LogP contribution in [-0.4, -0.2) is 36.8 Å². The molecule has 150 valence electrons. The van der Waals surface area contributed by atoms with Gasteiger partial charge in [-0.3, -0.25) is 4.79 Å². The van der Waals surface area contributed by atoms with Crippen molar-refractivity contribution in [2.75, 3.05) is 20.0 Å². The van der Waals surface area contributed by atoms with Crippen LogP contribution in [-0.2, 0) is 16.1 Å². The van der Waals surface area contributed by atoms with E-state index in [1.807, 2.05) is 24.3 Å². The number of nitriles is 1. The molecule has 0 bridgehead atoms. The number of pyridine rings is 1. The molecule has 1 aliphatic carbocycles. The minimum atomic E-state index is -0.700. The second kappa shape index (κ2) is 9.43. The minimum absolute atomic E-state index is 0.159. The van der Waals surface area contributed by atoms with Crippen molar-refractivity contribution in [2.45, 2.75) is 30.3 Å². The van der Waals surface area contributed by atoms with E-state index in [9.17, 15) is 14.9 Å². The molecule has 0 unspecified atom stereocenters. The number of hydrogen-bond acceptors (Lipinski definition) is 7. The smallest absolute Gasteiger partial charge is 0.340 e. The van der Waals surface area contributed by atoms with E-state index in [1.165, 1.54) is 11.8 Å². The van der Waals surface area contributed by atoms with E-state index in [-0.39, 0.29) is 17.7 Å². The molecule has 2 aromatic rings. The number of esters is 1. The number of carbonyl (C=O) groups is 2. The first-order chi connectivity index (χ1) is 14.1. The summed E-state index contributed by atoms with van der Waals surface area (Å²) in [6, 6.07) is 11.0. The second-order valence-electron chi connectivity index (χ2n) is 6.53. The van der Waals surface area contributed by atoms with Crippen LogP contribution in [0.5, 0.6) is 5.75 Å². The molecule has 1 N–H and O–H groups in total. The predicted octanol–water partition coefficient (Wildman–Crippen LogP) is 3.03. The molecule has 0 atom stereocenters. The number of amides is 1. The fourth-order valence-corrected chi connectivity index (χ4v) is 3.40. The van der Waals surface area contributed by atoms with E-state index in [0.29, 0.717) is 16.7 Å². The van der Waals surface area contributed by atoms with Gasteiger partial charge in [-0.15, -0.1) is 11.8 Å². The normalized spacial score (nSPS) is 12.7. The van der Waals surface area contributed by atoms with Crippen molar-refractivity contribution in [3.8, 4) is 11.8 Å². The van der Waals surface area contributed by atoms with Crippen LogP contribution in [0.1, 0.15) is 45.9 Å². The summed E-state index contributed by atoms with van der Waals surface area (Å²) < 4.78 is 10.4. The van der Waals surface area contributed by atoms with E-state index < -0.39 is 18.5 Å². The van der Waals surface area contributed by atoms with Crippen molar-refractivity contribution in [1.29, 1.82) is 5.26 Å². The molecule has 0 spiro atoms. The maximum Gasteiger partial charge on any atom is 0.340 e. The van der Waals surface area contributed by atoms with Gasteiger partial charge in [-0.2, -0.15) is 5.26 Å². The number of thioether (sulfide) groups is 1. The quantitative estimate of drug-likeness (QED) is 0.526. The van der Waals surface area contributed by atoms with Gasteiger partial charge in [0.05, 0.1) is 18.2 Å². The fourth-order valence-electron chi connectivity index (χ4n) is 2.85. The molecule has 1 aromatic heterocycles. The van der Waals surface area contributed by atoms with Crippen LogP contribution in [0.15, 0.2) is 35.4 Å². The van der Waals surface area contributed by atoms with Crippen LogP contribution in [0.2, 0.25) is 0 Å². The van der Waals surface area contributed by atoms with Gasteiger partial charge >= 0.3 is 5.97 Å². The third-order valence-corrected chi connectivity index (χ3v) is 5.21. The van der Waals surface area contributed by atoms with E-state index in [1.54, 1.807) is 25.5 Å². The summed E-state index contributed by atoms with van der Waals surface area (Å²) in [6.07, 6.45) is 3.85. The molecule has 1 fully saturated rings. The Morgan fingerprint density at radius 1 is 1.34 bits per heavy atom. The molecule has 3 rings (SSSR count). The highest BCUT2D eigenvalue weighted by Gasteiger charge is 2.29. The lowest BCUT2D eigenvalue weighted by Crippen LogP contribution is -2.28. The third kappa shape index (κ3) is 5.06. The number of aromatic nitrogens is 1. The van der Waals surface area contributed by atoms with Crippen LogP contribution in [0.25, 0.3) is 0 Å². The van der Waals surface area contributed by atoms with Crippen LogP contribution in [0.4, 0.5) is 0 Å². The maximum absolute atomic E-state index is 12.6. The number of carbonyl (C=O) groups excluding carboxylic acids is 2. The zero-order chi connectivity index (χ0) is 20.8. The Morgan fingerprint density at radius 3 is 2.76 bits per heavy atom. The summed E-state index contributed by atoms with van der Waals surface area (Å²) in [7, 11) is 1.56. The average Bonchev–Trinajstić information content (AvgIpc) is 3.60. The van der Waals surface area contributed by atoms with E-state index in [0.717, 1.165) is 24.1 Å². The lowest BCUT2D eigenvalue weighted by atomic mass is 10.1. The Bertz CT molecular complexity index is 967. The number of para-hydroxylation sites is 1. The summed E-state index contributed by atoms with van der Waals surface area (Å²) >= 11 is 1.31. The Labute approximate surface area is 173 Å². The van der Waals surface area contributed by atoms with E-state index in [4.69, 9.17) is 9.47 Å². The number of ether oxygens (including phenoxy) is 2. The SMILES string of the molecule is COc1ccccc1CNC(=O)COC(=O)c1cc(C2CC2)nc(SC)c1C#N. The number of methoxy groups -OCH3 is 1. The first-order valence-electron chi connectivity index (χ1n) is 9.12. The molecule has 1 aromatic carbocycles. The lowest BCUT2D eigenvalue weighted by molar-refractivity contribution is -0.124. The van der Waals surface area contributed by atoms with Gasteiger partial charge in [0, 0.05) is 23.7 Å². The molecule has 1 aliphatic rings. The van der Waals surface area contributed by atoms with Crippen LogP contribution in [0.3, 0.4) is 0 Å². The van der Waals surface area contributed by atoms with Crippen molar-refractivity contribution >= 4 is 23.6 Å². The molecule has 0 saturated heterocycles.